The number of methoxy groups -OCH3 is 1. The summed E-state index contributed by atoms with van der Waals surface area (Å²) in [5.74, 6) is 0. The molecule has 1 N–H and O–H groups in total. The van der Waals surface area contributed by atoms with Crippen LogP contribution in [-0.2, 0) is 11.2 Å². The van der Waals surface area contributed by atoms with Crippen LogP contribution in [0.15, 0.2) is 5.38 Å². The molecule has 0 saturated heterocycles. The first-order chi connectivity index (χ1) is 6.72. The summed E-state index contributed by atoms with van der Waals surface area (Å²) in [7, 11) is 1.68. The molecule has 4 heteroatoms. The van der Waals surface area contributed by atoms with Crippen LogP contribution >= 0.6 is 11.3 Å². The Hall–Kier alpha value is -0.450. The van der Waals surface area contributed by atoms with Crippen molar-refractivity contribution in [2.24, 2.45) is 0 Å². The van der Waals surface area contributed by atoms with Crippen molar-refractivity contribution in [3.8, 4) is 0 Å². The van der Waals surface area contributed by atoms with Crippen molar-refractivity contribution >= 4 is 11.3 Å². The van der Waals surface area contributed by atoms with E-state index in [1.807, 2.05) is 12.3 Å². The topological polar surface area (TPSA) is 42.4 Å². The highest BCUT2D eigenvalue weighted by Crippen LogP contribution is 2.12. The van der Waals surface area contributed by atoms with Crippen LogP contribution in [0.3, 0.4) is 0 Å². The summed E-state index contributed by atoms with van der Waals surface area (Å²) >= 11 is 1.61. The molecule has 0 aliphatic heterocycles. The Bertz CT molecular complexity index is 262. The molecule has 3 nitrogen and oxygen atoms in total. The predicted molar refractivity (Wildman–Crippen MR) is 57.7 cm³/mol. The van der Waals surface area contributed by atoms with Crippen molar-refractivity contribution in [2.45, 2.75) is 32.3 Å². The second kappa shape index (κ2) is 6.11. The first-order valence-corrected chi connectivity index (χ1v) is 5.68. The van der Waals surface area contributed by atoms with E-state index in [0.29, 0.717) is 13.0 Å². The molecule has 0 spiro atoms. The van der Waals surface area contributed by atoms with Gasteiger partial charge in [-0.05, 0) is 19.8 Å². The minimum Gasteiger partial charge on any atom is -0.393 e. The Balaban J connectivity index is 2.23. The molecule has 0 bridgehead atoms. The van der Waals surface area contributed by atoms with Crippen LogP contribution < -0.4 is 0 Å². The Morgan fingerprint density at radius 3 is 3.00 bits per heavy atom. The van der Waals surface area contributed by atoms with Crippen LogP contribution in [0.25, 0.3) is 0 Å². The van der Waals surface area contributed by atoms with Gasteiger partial charge in [0, 0.05) is 31.2 Å². The standard InChI is InChI=1S/C10H17NO2S/c1-8-7-14-10(11-8)6-9(12)4-3-5-13-2/h7,9,12H,3-6H2,1-2H3. The van der Waals surface area contributed by atoms with Gasteiger partial charge < -0.3 is 9.84 Å². The lowest BCUT2D eigenvalue weighted by molar-refractivity contribution is 0.135. The summed E-state index contributed by atoms with van der Waals surface area (Å²) in [6, 6.07) is 0. The third kappa shape index (κ3) is 4.17. The number of hydrogen-bond acceptors (Lipinski definition) is 4. The number of thiazole rings is 1. The van der Waals surface area contributed by atoms with Gasteiger partial charge in [-0.25, -0.2) is 4.98 Å². The van der Waals surface area contributed by atoms with Gasteiger partial charge in [-0.15, -0.1) is 11.3 Å². The van der Waals surface area contributed by atoms with Crippen LogP contribution in [0, 0.1) is 6.92 Å². The van der Waals surface area contributed by atoms with Gasteiger partial charge >= 0.3 is 0 Å². The van der Waals surface area contributed by atoms with Crippen molar-refractivity contribution in [1.82, 2.24) is 4.98 Å². The number of ether oxygens (including phenoxy) is 1. The molecule has 1 rings (SSSR count). The maximum atomic E-state index is 9.65. The molecule has 1 aromatic rings. The quantitative estimate of drug-likeness (QED) is 0.736. The van der Waals surface area contributed by atoms with E-state index >= 15 is 0 Å². The summed E-state index contributed by atoms with van der Waals surface area (Å²) < 4.78 is 4.92. The highest BCUT2D eigenvalue weighted by Gasteiger charge is 2.07. The average Bonchev–Trinajstić information content (AvgIpc) is 2.52. The zero-order valence-electron chi connectivity index (χ0n) is 8.69. The van der Waals surface area contributed by atoms with Gasteiger partial charge in [0.1, 0.15) is 0 Å². The predicted octanol–water partition coefficient (Wildman–Crippen LogP) is 1.78. The van der Waals surface area contributed by atoms with Crippen molar-refractivity contribution in [3.05, 3.63) is 16.1 Å². The molecule has 0 amide bonds. The van der Waals surface area contributed by atoms with Crippen molar-refractivity contribution in [3.63, 3.8) is 0 Å². The van der Waals surface area contributed by atoms with Crippen LogP contribution in [0.2, 0.25) is 0 Å². The zero-order valence-corrected chi connectivity index (χ0v) is 9.51. The molecule has 1 aromatic heterocycles. The lowest BCUT2D eigenvalue weighted by Crippen LogP contribution is -2.11. The van der Waals surface area contributed by atoms with Gasteiger partial charge in [0.2, 0.25) is 0 Å². The fraction of sp³-hybridized carbons (Fsp3) is 0.700. The SMILES string of the molecule is COCCCC(O)Cc1nc(C)cs1. The summed E-state index contributed by atoms with van der Waals surface area (Å²) in [5.41, 5.74) is 1.04. The lowest BCUT2D eigenvalue weighted by atomic mass is 10.1. The molecular weight excluding hydrogens is 198 g/mol. The lowest BCUT2D eigenvalue weighted by Gasteiger charge is -2.07. The second-order valence-corrected chi connectivity index (χ2v) is 4.32. The van der Waals surface area contributed by atoms with E-state index in [0.717, 1.165) is 23.5 Å². The van der Waals surface area contributed by atoms with Gasteiger partial charge in [0.15, 0.2) is 0 Å². The van der Waals surface area contributed by atoms with Gasteiger partial charge in [0.05, 0.1) is 11.1 Å². The minimum atomic E-state index is -0.282. The molecule has 1 unspecified atom stereocenters. The molecule has 14 heavy (non-hydrogen) atoms. The Kier molecular flexibility index (Phi) is 5.07. The molecule has 0 radical (unpaired) electrons. The van der Waals surface area contributed by atoms with E-state index in [-0.39, 0.29) is 6.10 Å². The van der Waals surface area contributed by atoms with E-state index in [9.17, 15) is 5.11 Å². The monoisotopic (exact) mass is 215 g/mol. The molecule has 0 aliphatic rings. The number of hydrogen-bond donors (Lipinski definition) is 1. The van der Waals surface area contributed by atoms with Crippen LogP contribution in [0.1, 0.15) is 23.5 Å². The number of aliphatic hydroxyl groups excluding tert-OH is 1. The largest absolute Gasteiger partial charge is 0.393 e. The maximum absolute atomic E-state index is 9.65. The smallest absolute Gasteiger partial charge is 0.0953 e. The first-order valence-electron chi connectivity index (χ1n) is 4.80. The fourth-order valence-corrected chi connectivity index (χ4v) is 2.11. The molecule has 0 fully saturated rings. The number of aryl methyl sites for hydroxylation is 1. The minimum absolute atomic E-state index is 0.282. The normalized spacial score (nSPS) is 13.1. The fourth-order valence-electron chi connectivity index (χ4n) is 1.26. The molecule has 0 aromatic carbocycles. The molecule has 1 atom stereocenters. The van der Waals surface area contributed by atoms with E-state index in [1.54, 1.807) is 18.4 Å². The third-order valence-electron chi connectivity index (χ3n) is 1.96. The first kappa shape index (κ1) is 11.6. The zero-order chi connectivity index (χ0) is 10.4. The summed E-state index contributed by atoms with van der Waals surface area (Å²) in [6.45, 7) is 2.69. The molecule has 1 heterocycles. The van der Waals surface area contributed by atoms with E-state index < -0.39 is 0 Å². The van der Waals surface area contributed by atoms with Crippen LogP contribution in [-0.4, -0.2) is 29.9 Å². The number of aliphatic hydroxyl groups is 1. The van der Waals surface area contributed by atoms with Gasteiger partial charge in [-0.1, -0.05) is 0 Å². The van der Waals surface area contributed by atoms with Crippen molar-refractivity contribution in [2.75, 3.05) is 13.7 Å². The summed E-state index contributed by atoms with van der Waals surface area (Å²) in [4.78, 5) is 4.31. The van der Waals surface area contributed by atoms with E-state index in [2.05, 4.69) is 4.98 Å². The second-order valence-electron chi connectivity index (χ2n) is 3.38. The number of aromatic nitrogens is 1. The van der Waals surface area contributed by atoms with Gasteiger partial charge in [-0.3, -0.25) is 0 Å². The summed E-state index contributed by atoms with van der Waals surface area (Å²) in [5, 5.41) is 12.7. The Morgan fingerprint density at radius 1 is 1.64 bits per heavy atom. The molecular formula is C10H17NO2S. The Labute approximate surface area is 88.8 Å². The van der Waals surface area contributed by atoms with Gasteiger partial charge in [-0.2, -0.15) is 0 Å². The highest BCUT2D eigenvalue weighted by molar-refractivity contribution is 7.09. The number of rotatable bonds is 6. The van der Waals surface area contributed by atoms with Gasteiger partial charge in [0.25, 0.3) is 0 Å². The summed E-state index contributed by atoms with van der Waals surface area (Å²) in [6.07, 6.45) is 2.08. The average molecular weight is 215 g/mol. The third-order valence-corrected chi connectivity index (χ3v) is 2.95. The van der Waals surface area contributed by atoms with Crippen LogP contribution in [0.5, 0.6) is 0 Å². The highest BCUT2D eigenvalue weighted by atomic mass is 32.1. The Morgan fingerprint density at radius 2 is 2.43 bits per heavy atom. The van der Waals surface area contributed by atoms with Crippen molar-refractivity contribution < 1.29 is 9.84 Å². The van der Waals surface area contributed by atoms with E-state index in [4.69, 9.17) is 4.74 Å². The van der Waals surface area contributed by atoms with Crippen molar-refractivity contribution in [1.29, 1.82) is 0 Å². The molecule has 0 aliphatic carbocycles. The molecule has 80 valence electrons. The van der Waals surface area contributed by atoms with E-state index in [1.165, 1.54) is 0 Å². The maximum Gasteiger partial charge on any atom is 0.0953 e. The molecule has 0 saturated carbocycles. The van der Waals surface area contributed by atoms with Crippen LogP contribution in [0.4, 0.5) is 0 Å². The number of nitrogens with zero attached hydrogens (tertiary/aromatic N) is 1.